The Morgan fingerprint density at radius 2 is 0.971 bits per heavy atom. The molecule has 0 aromatic heterocycles. The standard InChI is InChI=1S/C24H30OPSi.C7H6.HI/c1-5-24(25-27(2,3)4)26(21-15-9-6-10-16-21,22-17-11-7-12-18-22)23-19-13-8-14-20-23;1-2-4-7-5-6(7)3-1;/h6-20,24H,5H2,1-4H3;1-4H,5H2;1H/q+1;;/p-1. The van der Waals surface area contributed by atoms with Crippen LogP contribution >= 0.6 is 7.26 Å². The zero-order valence-electron chi connectivity index (χ0n) is 21.2. The molecular weight excluding hydrogens is 574 g/mol. The maximum absolute atomic E-state index is 6.90. The van der Waals surface area contributed by atoms with E-state index in [1.165, 1.54) is 33.5 Å². The Balaban J connectivity index is 0.000000362. The molecule has 4 heteroatoms. The fraction of sp³-hybridized carbons (Fsp3) is 0.226. The van der Waals surface area contributed by atoms with Gasteiger partial charge in [0.25, 0.3) is 0 Å². The van der Waals surface area contributed by atoms with Crippen LogP contribution in [0.15, 0.2) is 115 Å². The molecule has 4 aromatic rings. The van der Waals surface area contributed by atoms with Crippen LogP contribution < -0.4 is 39.9 Å². The summed E-state index contributed by atoms with van der Waals surface area (Å²) in [5.74, 6) is 0.177. The molecule has 1 aliphatic carbocycles. The summed E-state index contributed by atoms with van der Waals surface area (Å²) < 4.78 is 6.90. The summed E-state index contributed by atoms with van der Waals surface area (Å²) in [6.07, 6.45) is 2.24. The van der Waals surface area contributed by atoms with E-state index in [2.05, 4.69) is 142 Å². The predicted molar refractivity (Wildman–Crippen MR) is 153 cm³/mol. The van der Waals surface area contributed by atoms with Crippen LogP contribution in [0, 0.1) is 0 Å². The molecule has 0 saturated carbocycles. The molecule has 0 heterocycles. The van der Waals surface area contributed by atoms with Crippen molar-refractivity contribution in [2.75, 3.05) is 0 Å². The number of hydrogen-bond acceptors (Lipinski definition) is 1. The molecule has 0 bridgehead atoms. The van der Waals surface area contributed by atoms with E-state index in [0.29, 0.717) is 0 Å². The zero-order valence-corrected chi connectivity index (χ0v) is 25.2. The molecule has 35 heavy (non-hydrogen) atoms. The molecule has 1 atom stereocenters. The lowest BCUT2D eigenvalue weighted by atomic mass is 10.3. The third kappa shape index (κ3) is 6.71. The molecule has 0 amide bonds. The second-order valence-electron chi connectivity index (χ2n) is 9.77. The van der Waals surface area contributed by atoms with Gasteiger partial charge < -0.3 is 28.4 Å². The van der Waals surface area contributed by atoms with E-state index in [-0.39, 0.29) is 29.8 Å². The van der Waals surface area contributed by atoms with Crippen LogP contribution in [-0.4, -0.2) is 14.2 Å². The Morgan fingerprint density at radius 1 is 0.629 bits per heavy atom. The van der Waals surface area contributed by atoms with Crippen LogP contribution in [0.4, 0.5) is 0 Å². The van der Waals surface area contributed by atoms with E-state index in [0.717, 1.165) is 6.42 Å². The maximum Gasteiger partial charge on any atom is 0.188 e. The van der Waals surface area contributed by atoms with Crippen molar-refractivity contribution in [1.29, 1.82) is 0 Å². The van der Waals surface area contributed by atoms with E-state index in [9.17, 15) is 0 Å². The second kappa shape index (κ2) is 12.4. The lowest BCUT2D eigenvalue weighted by Crippen LogP contribution is -3.00. The summed E-state index contributed by atoms with van der Waals surface area (Å²) >= 11 is 0. The minimum Gasteiger partial charge on any atom is -1.00 e. The van der Waals surface area contributed by atoms with Crippen LogP contribution in [0.1, 0.15) is 24.5 Å². The molecule has 182 valence electrons. The molecule has 0 aliphatic heterocycles. The van der Waals surface area contributed by atoms with Gasteiger partial charge in [0.1, 0.15) is 23.2 Å². The molecule has 0 spiro atoms. The van der Waals surface area contributed by atoms with Crippen molar-refractivity contribution in [3.63, 3.8) is 0 Å². The van der Waals surface area contributed by atoms with Crippen molar-refractivity contribution in [2.24, 2.45) is 0 Å². The number of rotatable bonds is 7. The smallest absolute Gasteiger partial charge is 0.188 e. The van der Waals surface area contributed by atoms with Crippen molar-refractivity contribution in [3.05, 3.63) is 126 Å². The molecule has 5 rings (SSSR count). The van der Waals surface area contributed by atoms with E-state index < -0.39 is 15.6 Å². The Labute approximate surface area is 230 Å². The van der Waals surface area contributed by atoms with Gasteiger partial charge in [0.15, 0.2) is 14.2 Å². The molecule has 1 unspecified atom stereocenters. The van der Waals surface area contributed by atoms with Gasteiger partial charge in [-0.2, -0.15) is 0 Å². The van der Waals surface area contributed by atoms with Gasteiger partial charge in [-0.3, -0.25) is 0 Å². The molecule has 1 aliphatic rings. The topological polar surface area (TPSA) is 9.23 Å². The minimum absolute atomic E-state index is 0. The zero-order chi connectivity index (χ0) is 24.0. The van der Waals surface area contributed by atoms with Crippen molar-refractivity contribution in [1.82, 2.24) is 0 Å². The van der Waals surface area contributed by atoms with E-state index >= 15 is 0 Å². The van der Waals surface area contributed by atoms with Gasteiger partial charge in [-0.1, -0.05) is 85.8 Å². The monoisotopic (exact) mass is 610 g/mol. The van der Waals surface area contributed by atoms with Crippen LogP contribution in [0.2, 0.25) is 19.6 Å². The first-order valence-corrected chi connectivity index (χ1v) is 17.5. The first kappa shape index (κ1) is 27.8. The SMILES string of the molecule is CCC(O[Si](C)(C)C)[P+](c1ccccc1)(c1ccccc1)c1ccccc1.[I-].c1ccc2c(c1)C2. The van der Waals surface area contributed by atoms with Gasteiger partial charge in [-0.05, 0) is 73.6 Å². The molecule has 0 N–H and O–H groups in total. The van der Waals surface area contributed by atoms with Gasteiger partial charge in [-0.15, -0.1) is 0 Å². The van der Waals surface area contributed by atoms with Crippen LogP contribution in [-0.2, 0) is 10.8 Å². The quantitative estimate of drug-likeness (QED) is 0.153. The van der Waals surface area contributed by atoms with E-state index in [1.54, 1.807) is 0 Å². The largest absolute Gasteiger partial charge is 1.00 e. The summed E-state index contributed by atoms with van der Waals surface area (Å²) in [6, 6.07) is 41.6. The maximum atomic E-state index is 6.90. The molecule has 4 aromatic carbocycles. The second-order valence-corrected chi connectivity index (χ2v) is 17.8. The lowest BCUT2D eigenvalue weighted by molar-refractivity contribution is -0.00000812. The number of halogens is 1. The molecule has 0 radical (unpaired) electrons. The highest BCUT2D eigenvalue weighted by Crippen LogP contribution is 2.61. The Hall–Kier alpha value is -1.78. The average Bonchev–Trinajstić information content (AvgIpc) is 3.66. The van der Waals surface area contributed by atoms with Crippen molar-refractivity contribution in [3.8, 4) is 0 Å². The number of benzene rings is 4. The lowest BCUT2D eigenvalue weighted by Gasteiger charge is -2.37. The number of hydrogen-bond donors (Lipinski definition) is 0. The molecule has 0 saturated heterocycles. The Morgan fingerprint density at radius 3 is 1.26 bits per heavy atom. The summed E-state index contributed by atoms with van der Waals surface area (Å²) in [5.41, 5.74) is 3.06. The fourth-order valence-electron chi connectivity index (χ4n) is 4.62. The average molecular weight is 611 g/mol. The third-order valence-electron chi connectivity index (χ3n) is 6.14. The van der Waals surface area contributed by atoms with Crippen LogP contribution in [0.25, 0.3) is 0 Å². The van der Waals surface area contributed by atoms with Gasteiger partial charge in [0.2, 0.25) is 0 Å². The summed E-state index contributed by atoms with van der Waals surface area (Å²) in [5, 5.41) is 4.19. The summed E-state index contributed by atoms with van der Waals surface area (Å²) in [6.45, 7) is 9.16. The van der Waals surface area contributed by atoms with Crippen LogP contribution in [0.3, 0.4) is 0 Å². The minimum atomic E-state index is -1.95. The normalized spacial score (nSPS) is 12.9. The van der Waals surface area contributed by atoms with Gasteiger partial charge in [-0.25, -0.2) is 0 Å². The first-order valence-electron chi connectivity index (χ1n) is 12.3. The number of fused-ring (bicyclic) bond motifs is 1. The van der Waals surface area contributed by atoms with E-state index in [1.807, 2.05) is 0 Å². The Bertz CT molecular complexity index is 1060. The summed E-state index contributed by atoms with van der Waals surface area (Å²) in [4.78, 5) is 0. The van der Waals surface area contributed by atoms with Crippen molar-refractivity contribution < 1.29 is 28.4 Å². The Kier molecular flexibility index (Phi) is 9.89. The van der Waals surface area contributed by atoms with Crippen molar-refractivity contribution >= 4 is 31.5 Å². The molecule has 0 fully saturated rings. The molecule has 1 nitrogen and oxygen atoms in total. The highest BCUT2D eigenvalue weighted by Gasteiger charge is 2.53. The van der Waals surface area contributed by atoms with E-state index in [4.69, 9.17) is 4.43 Å². The van der Waals surface area contributed by atoms with Gasteiger partial charge >= 0.3 is 0 Å². The highest BCUT2D eigenvalue weighted by molar-refractivity contribution is 7.96. The fourth-order valence-corrected chi connectivity index (χ4v) is 11.5. The first-order chi connectivity index (χ1) is 16.4. The van der Waals surface area contributed by atoms with Crippen LogP contribution in [0.5, 0.6) is 0 Å². The molecular formula is C31H36IOPSi. The predicted octanol–water partition coefficient (Wildman–Crippen LogP) is 4.16. The highest BCUT2D eigenvalue weighted by atomic mass is 127. The van der Waals surface area contributed by atoms with Crippen molar-refractivity contribution in [2.45, 2.75) is 45.3 Å². The van der Waals surface area contributed by atoms with Gasteiger partial charge in [0, 0.05) is 6.42 Å². The summed E-state index contributed by atoms with van der Waals surface area (Å²) in [7, 11) is -3.67. The third-order valence-corrected chi connectivity index (χ3v) is 12.0. The van der Waals surface area contributed by atoms with Gasteiger partial charge in [0.05, 0.1) is 0 Å².